The molecule has 2 bridgehead atoms. The average molecular weight is 252 g/mol. The van der Waals surface area contributed by atoms with Crippen molar-refractivity contribution in [2.45, 2.75) is 63.4 Å². The molecule has 0 N–H and O–H groups in total. The average Bonchev–Trinajstić information content (AvgIpc) is 2.49. The Bertz CT molecular complexity index is 341. The lowest BCUT2D eigenvalue weighted by Crippen LogP contribution is -2.46. The molecule has 0 aromatic heterocycles. The Labute approximate surface area is 110 Å². The molecule has 0 aromatic rings. The van der Waals surface area contributed by atoms with E-state index >= 15 is 0 Å². The Hall–Kier alpha value is -0.960. The van der Waals surface area contributed by atoms with Crippen LogP contribution in [0.15, 0.2) is 25.7 Å². The van der Waals surface area contributed by atoms with Crippen LogP contribution in [0.25, 0.3) is 0 Å². The van der Waals surface area contributed by atoms with Crippen LogP contribution in [0.1, 0.15) is 40.0 Å². The van der Waals surface area contributed by atoms with E-state index < -0.39 is 0 Å². The van der Waals surface area contributed by atoms with Gasteiger partial charge in [0.25, 0.3) is 0 Å². The maximum atomic E-state index is 6.18. The molecule has 0 saturated carbocycles. The van der Waals surface area contributed by atoms with Gasteiger partial charge in [-0.25, -0.2) is 0 Å². The summed E-state index contributed by atoms with van der Waals surface area (Å²) < 4.78 is 17.4. The van der Waals surface area contributed by atoms with Crippen LogP contribution in [-0.2, 0) is 14.2 Å². The molecular formula is C15H24O3. The standard InChI is InChI=1S/C15H24O3/c1-6-16-11(3)12-8-15(5)10-14(4,17-7-2)9-13(12)18-15/h6-7,11-13H,1-2,8-10H2,3-5H3. The molecule has 0 aliphatic carbocycles. The predicted octanol–water partition coefficient (Wildman–Crippen LogP) is 3.41. The summed E-state index contributed by atoms with van der Waals surface area (Å²) in [5, 5.41) is 0. The smallest absolute Gasteiger partial charge is 0.111 e. The van der Waals surface area contributed by atoms with Gasteiger partial charge in [-0.1, -0.05) is 13.2 Å². The highest BCUT2D eigenvalue weighted by Crippen LogP contribution is 2.50. The summed E-state index contributed by atoms with van der Waals surface area (Å²) >= 11 is 0. The second-order valence-electron chi connectivity index (χ2n) is 6.10. The van der Waals surface area contributed by atoms with Gasteiger partial charge in [-0.05, 0) is 27.2 Å². The monoisotopic (exact) mass is 252 g/mol. The van der Waals surface area contributed by atoms with E-state index in [-0.39, 0.29) is 23.4 Å². The van der Waals surface area contributed by atoms with E-state index in [0.717, 1.165) is 19.3 Å². The van der Waals surface area contributed by atoms with Gasteiger partial charge in [-0.2, -0.15) is 0 Å². The molecule has 2 heterocycles. The molecule has 18 heavy (non-hydrogen) atoms. The van der Waals surface area contributed by atoms with Crippen molar-refractivity contribution in [1.82, 2.24) is 0 Å². The third-order valence-electron chi connectivity index (χ3n) is 4.24. The second kappa shape index (κ2) is 4.61. The van der Waals surface area contributed by atoms with Crippen LogP contribution in [0.5, 0.6) is 0 Å². The first-order chi connectivity index (χ1) is 8.41. The van der Waals surface area contributed by atoms with Crippen LogP contribution < -0.4 is 0 Å². The molecule has 0 radical (unpaired) electrons. The first-order valence-corrected chi connectivity index (χ1v) is 6.64. The molecule has 0 amide bonds. The molecule has 5 atom stereocenters. The lowest BCUT2D eigenvalue weighted by molar-refractivity contribution is -0.155. The summed E-state index contributed by atoms with van der Waals surface area (Å²) in [6.45, 7) is 13.7. The van der Waals surface area contributed by atoms with Crippen molar-refractivity contribution in [1.29, 1.82) is 0 Å². The van der Waals surface area contributed by atoms with Crippen molar-refractivity contribution in [2.75, 3.05) is 0 Å². The van der Waals surface area contributed by atoms with Gasteiger partial charge < -0.3 is 14.2 Å². The van der Waals surface area contributed by atoms with Crippen LogP contribution in [0.3, 0.4) is 0 Å². The van der Waals surface area contributed by atoms with Crippen molar-refractivity contribution in [2.24, 2.45) is 5.92 Å². The molecule has 102 valence electrons. The number of ether oxygens (including phenoxy) is 3. The van der Waals surface area contributed by atoms with Crippen LogP contribution in [0.2, 0.25) is 0 Å². The Morgan fingerprint density at radius 1 is 1.28 bits per heavy atom. The zero-order valence-electron chi connectivity index (χ0n) is 11.6. The fraction of sp³-hybridized carbons (Fsp3) is 0.733. The second-order valence-corrected chi connectivity index (χ2v) is 6.10. The number of rotatable bonds is 5. The van der Waals surface area contributed by atoms with Gasteiger partial charge in [0.05, 0.1) is 24.2 Å². The Morgan fingerprint density at radius 3 is 2.61 bits per heavy atom. The molecule has 2 saturated heterocycles. The summed E-state index contributed by atoms with van der Waals surface area (Å²) in [6.07, 6.45) is 6.22. The summed E-state index contributed by atoms with van der Waals surface area (Å²) in [5.41, 5.74) is -0.272. The molecule has 2 aliphatic rings. The molecule has 0 aromatic carbocycles. The van der Waals surface area contributed by atoms with E-state index in [1.54, 1.807) is 6.26 Å². The van der Waals surface area contributed by atoms with Crippen LogP contribution in [0.4, 0.5) is 0 Å². The first kappa shape index (κ1) is 13.5. The van der Waals surface area contributed by atoms with Gasteiger partial charge in [0.15, 0.2) is 0 Å². The van der Waals surface area contributed by atoms with Crippen LogP contribution >= 0.6 is 0 Å². The lowest BCUT2D eigenvalue weighted by atomic mass is 9.86. The predicted molar refractivity (Wildman–Crippen MR) is 71.1 cm³/mol. The summed E-state index contributed by atoms with van der Waals surface area (Å²) in [5.74, 6) is 0.406. The van der Waals surface area contributed by atoms with Crippen LogP contribution in [-0.4, -0.2) is 23.4 Å². The molecule has 2 aliphatic heterocycles. The third kappa shape index (κ3) is 2.41. The molecule has 3 nitrogen and oxygen atoms in total. The van der Waals surface area contributed by atoms with Crippen molar-refractivity contribution in [3.63, 3.8) is 0 Å². The summed E-state index contributed by atoms with van der Waals surface area (Å²) in [6, 6.07) is 0. The summed E-state index contributed by atoms with van der Waals surface area (Å²) in [4.78, 5) is 0. The van der Waals surface area contributed by atoms with Crippen molar-refractivity contribution < 1.29 is 14.2 Å². The molecule has 2 fully saturated rings. The van der Waals surface area contributed by atoms with Crippen LogP contribution in [0, 0.1) is 5.92 Å². The minimum atomic E-state index is -0.165. The van der Waals surface area contributed by atoms with E-state index in [1.807, 2.05) is 0 Å². The van der Waals surface area contributed by atoms with E-state index in [1.165, 1.54) is 6.26 Å². The van der Waals surface area contributed by atoms with Crippen molar-refractivity contribution in [3.05, 3.63) is 25.7 Å². The van der Waals surface area contributed by atoms with Gasteiger partial charge in [0.1, 0.15) is 11.7 Å². The third-order valence-corrected chi connectivity index (χ3v) is 4.24. The Morgan fingerprint density at radius 2 is 2.00 bits per heavy atom. The van der Waals surface area contributed by atoms with Crippen molar-refractivity contribution >= 4 is 0 Å². The van der Waals surface area contributed by atoms with Crippen molar-refractivity contribution in [3.8, 4) is 0 Å². The molecule has 0 spiro atoms. The van der Waals surface area contributed by atoms with E-state index in [4.69, 9.17) is 14.2 Å². The maximum Gasteiger partial charge on any atom is 0.111 e. The van der Waals surface area contributed by atoms with Gasteiger partial charge in [-0.3, -0.25) is 0 Å². The quantitative estimate of drug-likeness (QED) is 0.702. The highest BCUT2D eigenvalue weighted by atomic mass is 16.5. The van der Waals surface area contributed by atoms with Gasteiger partial charge in [0, 0.05) is 18.8 Å². The number of hydrogen-bond donors (Lipinski definition) is 0. The molecule has 3 heteroatoms. The highest BCUT2D eigenvalue weighted by Gasteiger charge is 2.55. The molecular weight excluding hydrogens is 228 g/mol. The number of fused-ring (bicyclic) bond motifs is 2. The van der Waals surface area contributed by atoms with E-state index in [9.17, 15) is 0 Å². The minimum Gasteiger partial charge on any atom is -0.499 e. The normalized spacial score (nSPS) is 44.2. The topological polar surface area (TPSA) is 27.7 Å². The molecule has 2 rings (SSSR count). The van der Waals surface area contributed by atoms with Gasteiger partial charge in [-0.15, -0.1) is 0 Å². The van der Waals surface area contributed by atoms with Gasteiger partial charge in [0.2, 0.25) is 0 Å². The van der Waals surface area contributed by atoms with E-state index in [0.29, 0.717) is 5.92 Å². The highest BCUT2D eigenvalue weighted by molar-refractivity contribution is 5.05. The van der Waals surface area contributed by atoms with E-state index in [2.05, 4.69) is 33.9 Å². The first-order valence-electron chi connectivity index (χ1n) is 6.64. The molecule has 5 unspecified atom stereocenters. The Balaban J connectivity index is 2.14. The summed E-state index contributed by atoms with van der Waals surface area (Å²) in [7, 11) is 0. The maximum absolute atomic E-state index is 6.18. The fourth-order valence-electron chi connectivity index (χ4n) is 3.74. The minimum absolute atomic E-state index is 0.107. The van der Waals surface area contributed by atoms with Gasteiger partial charge >= 0.3 is 0 Å². The SMILES string of the molecule is C=COC(C)C1CC2(C)CC(C)(OC=C)CC1O2. The largest absolute Gasteiger partial charge is 0.499 e. The number of hydrogen-bond acceptors (Lipinski definition) is 3. The zero-order chi connectivity index (χ0) is 13.4. The lowest BCUT2D eigenvalue weighted by Gasteiger charge is -2.42. The fourth-order valence-corrected chi connectivity index (χ4v) is 3.74. The zero-order valence-corrected chi connectivity index (χ0v) is 11.6. The Kier molecular flexibility index (Phi) is 3.45.